The van der Waals surface area contributed by atoms with Crippen LogP contribution in [0, 0.1) is 0 Å². The molecule has 1 aromatic heterocycles. The fourth-order valence-corrected chi connectivity index (χ4v) is 2.03. The van der Waals surface area contributed by atoms with Crippen LogP contribution in [0.3, 0.4) is 0 Å². The van der Waals surface area contributed by atoms with Crippen LogP contribution in [0.5, 0.6) is 0 Å². The van der Waals surface area contributed by atoms with E-state index in [9.17, 15) is 4.79 Å². The number of aliphatic imine (C=N–C) groups is 1. The van der Waals surface area contributed by atoms with E-state index in [-0.39, 0.29) is 12.5 Å². The molecule has 2 rings (SSSR count). The quantitative estimate of drug-likeness (QED) is 0.768. The van der Waals surface area contributed by atoms with Gasteiger partial charge in [-0.05, 0) is 17.7 Å². The van der Waals surface area contributed by atoms with Gasteiger partial charge in [0.15, 0.2) is 11.3 Å². The maximum Gasteiger partial charge on any atom is 0.256 e. The summed E-state index contributed by atoms with van der Waals surface area (Å²) in [6.45, 7) is 0.143. The number of hydrogen-bond acceptors (Lipinski definition) is 5. The number of nitrogens with zero attached hydrogens (tertiary/aromatic N) is 2. The number of aliphatic hydroxyl groups is 1. The first-order chi connectivity index (χ1) is 7.75. The minimum Gasteiger partial charge on any atom is -0.381 e. The highest BCUT2D eigenvalue weighted by Gasteiger charge is 2.21. The normalized spacial score (nSPS) is 20.2. The molecule has 0 radical (unpaired) electrons. The Morgan fingerprint density at radius 3 is 2.94 bits per heavy atom. The maximum absolute atomic E-state index is 11.2. The lowest BCUT2D eigenvalue weighted by Gasteiger charge is -2.16. The molecule has 5 nitrogen and oxygen atoms in total. The minimum atomic E-state index is -1.01. The fourth-order valence-electron chi connectivity index (χ4n) is 1.19. The third-order valence-electron chi connectivity index (χ3n) is 2.07. The second-order valence-electron chi connectivity index (χ2n) is 3.30. The van der Waals surface area contributed by atoms with Crippen LogP contribution in [0.1, 0.15) is 5.56 Å². The molecule has 1 amide bonds. The number of nitrogens with one attached hydrogen (secondary N) is 1. The van der Waals surface area contributed by atoms with E-state index in [4.69, 9.17) is 5.11 Å². The van der Waals surface area contributed by atoms with Gasteiger partial charge in [-0.2, -0.15) is 0 Å². The SMILES string of the molecule is O=C1NC(SCc2ccncc2)=NCC1O. The van der Waals surface area contributed by atoms with E-state index in [1.165, 1.54) is 11.8 Å². The Morgan fingerprint density at radius 2 is 2.25 bits per heavy atom. The van der Waals surface area contributed by atoms with Gasteiger partial charge in [-0.25, -0.2) is 0 Å². The molecule has 1 atom stereocenters. The molecule has 1 aliphatic heterocycles. The van der Waals surface area contributed by atoms with Crippen LogP contribution in [0.25, 0.3) is 0 Å². The summed E-state index contributed by atoms with van der Waals surface area (Å²) in [6.07, 6.45) is 2.44. The van der Waals surface area contributed by atoms with Gasteiger partial charge in [0.25, 0.3) is 5.91 Å². The Hall–Kier alpha value is -1.40. The van der Waals surface area contributed by atoms with E-state index in [1.807, 2.05) is 12.1 Å². The largest absolute Gasteiger partial charge is 0.381 e. The van der Waals surface area contributed by atoms with Crippen LogP contribution in [-0.2, 0) is 10.5 Å². The van der Waals surface area contributed by atoms with Crippen molar-refractivity contribution in [2.45, 2.75) is 11.9 Å². The molecule has 0 aromatic carbocycles. The molecule has 0 saturated heterocycles. The number of amides is 1. The maximum atomic E-state index is 11.2. The minimum absolute atomic E-state index is 0.143. The van der Waals surface area contributed by atoms with Gasteiger partial charge in [-0.15, -0.1) is 0 Å². The summed E-state index contributed by atoms with van der Waals surface area (Å²) in [5, 5.41) is 12.3. The Kier molecular flexibility index (Phi) is 3.53. The molecule has 1 aromatic rings. The molecule has 16 heavy (non-hydrogen) atoms. The van der Waals surface area contributed by atoms with Crippen LogP contribution in [-0.4, -0.2) is 33.8 Å². The predicted molar refractivity (Wildman–Crippen MR) is 62.0 cm³/mol. The second-order valence-corrected chi connectivity index (χ2v) is 4.26. The van der Waals surface area contributed by atoms with E-state index in [1.54, 1.807) is 12.4 Å². The van der Waals surface area contributed by atoms with E-state index < -0.39 is 6.10 Å². The van der Waals surface area contributed by atoms with Crippen molar-refractivity contribution >= 4 is 22.8 Å². The number of carbonyl (C=O) groups excluding carboxylic acids is 1. The average molecular weight is 237 g/mol. The Balaban J connectivity index is 1.90. The van der Waals surface area contributed by atoms with E-state index in [0.29, 0.717) is 5.17 Å². The van der Waals surface area contributed by atoms with Crippen molar-refractivity contribution in [1.82, 2.24) is 10.3 Å². The first-order valence-electron chi connectivity index (χ1n) is 4.81. The highest BCUT2D eigenvalue weighted by molar-refractivity contribution is 8.13. The molecule has 2 N–H and O–H groups in total. The lowest BCUT2D eigenvalue weighted by atomic mass is 10.3. The van der Waals surface area contributed by atoms with E-state index >= 15 is 0 Å². The van der Waals surface area contributed by atoms with Crippen molar-refractivity contribution in [3.05, 3.63) is 30.1 Å². The number of carbonyl (C=O) groups is 1. The summed E-state index contributed by atoms with van der Waals surface area (Å²) in [6, 6.07) is 3.82. The summed E-state index contributed by atoms with van der Waals surface area (Å²) >= 11 is 1.44. The number of aliphatic hydroxyl groups excluding tert-OH is 1. The van der Waals surface area contributed by atoms with Gasteiger partial charge in [-0.3, -0.25) is 14.8 Å². The van der Waals surface area contributed by atoms with Gasteiger partial charge in [0, 0.05) is 18.1 Å². The van der Waals surface area contributed by atoms with Crippen molar-refractivity contribution in [2.75, 3.05) is 6.54 Å². The molecule has 0 saturated carbocycles. The number of amidine groups is 1. The van der Waals surface area contributed by atoms with Gasteiger partial charge >= 0.3 is 0 Å². The van der Waals surface area contributed by atoms with Gasteiger partial charge < -0.3 is 10.4 Å². The monoisotopic (exact) mass is 237 g/mol. The molecular formula is C10H11N3O2S. The smallest absolute Gasteiger partial charge is 0.256 e. The van der Waals surface area contributed by atoms with E-state index in [2.05, 4.69) is 15.3 Å². The number of rotatable bonds is 2. The number of hydrogen-bond donors (Lipinski definition) is 2. The number of thioether (sulfide) groups is 1. The lowest BCUT2D eigenvalue weighted by Crippen LogP contribution is -2.43. The molecule has 6 heteroatoms. The van der Waals surface area contributed by atoms with E-state index in [0.717, 1.165) is 11.3 Å². The number of pyridine rings is 1. The molecule has 0 fully saturated rings. The zero-order valence-electron chi connectivity index (χ0n) is 8.46. The molecule has 84 valence electrons. The van der Waals surface area contributed by atoms with Crippen molar-refractivity contribution < 1.29 is 9.90 Å². The van der Waals surface area contributed by atoms with Crippen molar-refractivity contribution in [2.24, 2.45) is 4.99 Å². The Morgan fingerprint density at radius 1 is 1.50 bits per heavy atom. The second kappa shape index (κ2) is 5.09. The molecule has 1 aliphatic rings. The van der Waals surface area contributed by atoms with Gasteiger partial charge in [0.2, 0.25) is 0 Å². The van der Waals surface area contributed by atoms with Gasteiger partial charge in [0.1, 0.15) is 0 Å². The fraction of sp³-hybridized carbons (Fsp3) is 0.300. The highest BCUT2D eigenvalue weighted by Crippen LogP contribution is 2.13. The summed E-state index contributed by atoms with van der Waals surface area (Å²) in [5.74, 6) is 0.338. The summed E-state index contributed by atoms with van der Waals surface area (Å²) < 4.78 is 0. The summed E-state index contributed by atoms with van der Waals surface area (Å²) in [4.78, 5) is 19.1. The average Bonchev–Trinajstić information content (AvgIpc) is 2.32. The third kappa shape index (κ3) is 2.80. The molecule has 1 unspecified atom stereocenters. The lowest BCUT2D eigenvalue weighted by molar-refractivity contribution is -0.127. The van der Waals surface area contributed by atoms with Crippen molar-refractivity contribution in [1.29, 1.82) is 0 Å². The van der Waals surface area contributed by atoms with Gasteiger partial charge in [-0.1, -0.05) is 11.8 Å². The summed E-state index contributed by atoms with van der Waals surface area (Å²) in [5.41, 5.74) is 1.11. The predicted octanol–water partition coefficient (Wildman–Crippen LogP) is 0.162. The molecular weight excluding hydrogens is 226 g/mol. The molecule has 2 heterocycles. The standard InChI is InChI=1S/C10H11N3O2S/c14-8-5-12-10(13-9(8)15)16-6-7-1-3-11-4-2-7/h1-4,8,14H,5-6H2,(H,12,13,15). The van der Waals surface area contributed by atoms with Crippen LogP contribution < -0.4 is 5.32 Å². The first-order valence-corrected chi connectivity index (χ1v) is 5.79. The van der Waals surface area contributed by atoms with Crippen LogP contribution in [0.2, 0.25) is 0 Å². The Labute approximate surface area is 97.0 Å². The zero-order chi connectivity index (χ0) is 11.4. The highest BCUT2D eigenvalue weighted by atomic mass is 32.2. The van der Waals surface area contributed by atoms with Crippen molar-refractivity contribution in [3.8, 4) is 0 Å². The Bertz CT molecular complexity index is 408. The number of aromatic nitrogens is 1. The summed E-state index contributed by atoms with van der Waals surface area (Å²) in [7, 11) is 0. The molecule has 0 aliphatic carbocycles. The molecule has 0 bridgehead atoms. The third-order valence-corrected chi connectivity index (χ3v) is 3.05. The van der Waals surface area contributed by atoms with Crippen LogP contribution in [0.4, 0.5) is 0 Å². The zero-order valence-corrected chi connectivity index (χ0v) is 9.28. The van der Waals surface area contributed by atoms with Gasteiger partial charge in [0.05, 0.1) is 6.54 Å². The van der Waals surface area contributed by atoms with Crippen molar-refractivity contribution in [3.63, 3.8) is 0 Å². The van der Waals surface area contributed by atoms with Crippen LogP contribution in [0.15, 0.2) is 29.5 Å². The van der Waals surface area contributed by atoms with Crippen LogP contribution >= 0.6 is 11.8 Å². The first kappa shape index (κ1) is 11.1. The topological polar surface area (TPSA) is 74.6 Å². The molecule has 0 spiro atoms.